The lowest BCUT2D eigenvalue weighted by atomic mass is 10.0. The first-order chi connectivity index (χ1) is 10.1. The van der Waals surface area contributed by atoms with E-state index >= 15 is 0 Å². The summed E-state index contributed by atoms with van der Waals surface area (Å²) in [5.41, 5.74) is 0.540. The lowest BCUT2D eigenvalue weighted by Gasteiger charge is -2.31. The summed E-state index contributed by atoms with van der Waals surface area (Å²) in [4.78, 5) is 12.5. The van der Waals surface area contributed by atoms with E-state index in [9.17, 15) is 10.1 Å². The summed E-state index contributed by atoms with van der Waals surface area (Å²) in [6.07, 6.45) is 1.77. The highest BCUT2D eigenvalue weighted by Crippen LogP contribution is 2.24. The molecule has 0 saturated carbocycles. The highest BCUT2D eigenvalue weighted by Gasteiger charge is 2.20. The highest BCUT2D eigenvalue weighted by molar-refractivity contribution is 5.59. The number of nitrogens with one attached hydrogen (secondary N) is 1. The number of nitriles is 2. The van der Waals surface area contributed by atoms with Gasteiger partial charge in [0, 0.05) is 30.9 Å². The van der Waals surface area contributed by atoms with Gasteiger partial charge < -0.3 is 5.32 Å². The van der Waals surface area contributed by atoms with Gasteiger partial charge in [0.15, 0.2) is 0 Å². The number of hydrogen-bond acceptors (Lipinski definition) is 6. The molecular formula is C14H15N5O2. The van der Waals surface area contributed by atoms with Gasteiger partial charge in [-0.05, 0) is 25.0 Å². The number of rotatable bonds is 4. The molecule has 1 N–H and O–H groups in total. The smallest absolute Gasteiger partial charge is 0.289 e. The number of nitrogens with zero attached hydrogens (tertiary/aromatic N) is 4. The quantitative estimate of drug-likeness (QED) is 0.514. The van der Waals surface area contributed by atoms with Crippen molar-refractivity contribution in [2.75, 3.05) is 25.0 Å². The molecule has 1 aromatic rings. The van der Waals surface area contributed by atoms with Crippen molar-refractivity contribution in [3.8, 4) is 12.1 Å². The molecule has 0 bridgehead atoms. The van der Waals surface area contributed by atoms with Gasteiger partial charge in [-0.2, -0.15) is 10.5 Å². The predicted molar refractivity (Wildman–Crippen MR) is 76.5 cm³/mol. The Labute approximate surface area is 122 Å². The number of nitro benzene ring substituents is 1. The van der Waals surface area contributed by atoms with Crippen LogP contribution < -0.4 is 5.32 Å². The molecule has 1 fully saturated rings. The van der Waals surface area contributed by atoms with Gasteiger partial charge in [-0.1, -0.05) is 0 Å². The van der Waals surface area contributed by atoms with Crippen LogP contribution in [0.15, 0.2) is 18.2 Å². The average Bonchev–Trinajstić information content (AvgIpc) is 2.49. The first-order valence-corrected chi connectivity index (χ1v) is 6.68. The maximum Gasteiger partial charge on any atom is 0.289 e. The zero-order valence-corrected chi connectivity index (χ0v) is 11.5. The van der Waals surface area contributed by atoms with Crippen molar-refractivity contribution in [1.29, 1.82) is 10.5 Å². The maximum absolute atomic E-state index is 10.9. The van der Waals surface area contributed by atoms with E-state index in [1.165, 1.54) is 12.1 Å². The molecule has 0 aliphatic carbocycles. The third kappa shape index (κ3) is 3.68. The van der Waals surface area contributed by atoms with Crippen molar-refractivity contribution in [2.24, 2.45) is 0 Å². The summed E-state index contributed by atoms with van der Waals surface area (Å²) in [6, 6.07) is 8.74. The zero-order chi connectivity index (χ0) is 15.2. The molecular weight excluding hydrogens is 270 g/mol. The molecule has 1 saturated heterocycles. The van der Waals surface area contributed by atoms with Crippen LogP contribution >= 0.6 is 0 Å². The van der Waals surface area contributed by atoms with E-state index in [1.54, 1.807) is 6.07 Å². The molecule has 7 heteroatoms. The summed E-state index contributed by atoms with van der Waals surface area (Å²) < 4.78 is 0. The number of piperidine rings is 1. The lowest BCUT2D eigenvalue weighted by molar-refractivity contribution is -0.385. The molecule has 1 aliphatic rings. The maximum atomic E-state index is 10.9. The van der Waals surface area contributed by atoms with Crippen LogP contribution in [0.5, 0.6) is 0 Å². The van der Waals surface area contributed by atoms with Gasteiger partial charge >= 0.3 is 0 Å². The first-order valence-electron chi connectivity index (χ1n) is 6.68. The SMILES string of the molecule is N#CCN1CCC(Nc2ccc(C#N)c([N+](=O)[O-])c2)CC1. The van der Waals surface area contributed by atoms with Crippen LogP contribution in [-0.4, -0.2) is 35.5 Å². The molecule has 0 spiro atoms. The fourth-order valence-electron chi connectivity index (χ4n) is 2.44. The lowest BCUT2D eigenvalue weighted by Crippen LogP contribution is -2.39. The van der Waals surface area contributed by atoms with Crippen LogP contribution in [0.1, 0.15) is 18.4 Å². The van der Waals surface area contributed by atoms with Crippen LogP contribution in [0.25, 0.3) is 0 Å². The van der Waals surface area contributed by atoms with Crippen molar-refractivity contribution < 1.29 is 4.92 Å². The molecule has 0 radical (unpaired) electrons. The Bertz CT molecular complexity index is 609. The van der Waals surface area contributed by atoms with Gasteiger partial charge in [0.1, 0.15) is 11.6 Å². The van der Waals surface area contributed by atoms with Crippen LogP contribution in [0.2, 0.25) is 0 Å². The molecule has 0 aromatic heterocycles. The van der Waals surface area contributed by atoms with Crippen molar-refractivity contribution in [1.82, 2.24) is 4.90 Å². The Morgan fingerprint density at radius 2 is 2.10 bits per heavy atom. The molecule has 21 heavy (non-hydrogen) atoms. The molecule has 108 valence electrons. The Morgan fingerprint density at radius 3 is 2.67 bits per heavy atom. The number of hydrogen-bond donors (Lipinski definition) is 1. The van der Waals surface area contributed by atoms with Crippen molar-refractivity contribution in [2.45, 2.75) is 18.9 Å². The standard InChI is InChI=1S/C14H15N5O2/c15-5-8-18-6-3-12(4-7-18)17-13-2-1-11(10-16)14(9-13)19(20)21/h1-2,9,12,17H,3-4,6-8H2. The van der Waals surface area contributed by atoms with E-state index in [0.717, 1.165) is 25.9 Å². The minimum absolute atomic E-state index is 0.0642. The number of benzene rings is 1. The normalized spacial score (nSPS) is 15.9. The van der Waals surface area contributed by atoms with Crippen molar-refractivity contribution >= 4 is 11.4 Å². The Kier molecular flexibility index (Phi) is 4.70. The summed E-state index contributed by atoms with van der Waals surface area (Å²) in [6.45, 7) is 2.11. The van der Waals surface area contributed by atoms with E-state index in [-0.39, 0.29) is 17.3 Å². The molecule has 0 atom stereocenters. The van der Waals surface area contributed by atoms with E-state index in [0.29, 0.717) is 12.2 Å². The molecule has 2 rings (SSSR count). The van der Waals surface area contributed by atoms with E-state index < -0.39 is 4.92 Å². The third-order valence-electron chi connectivity index (χ3n) is 3.57. The second-order valence-electron chi connectivity index (χ2n) is 4.95. The van der Waals surface area contributed by atoms with Gasteiger partial charge in [0.05, 0.1) is 17.5 Å². The van der Waals surface area contributed by atoms with Gasteiger partial charge in [0.2, 0.25) is 0 Å². The highest BCUT2D eigenvalue weighted by atomic mass is 16.6. The Hall–Kier alpha value is -2.64. The summed E-state index contributed by atoms with van der Waals surface area (Å²) in [5.74, 6) is 0. The largest absolute Gasteiger partial charge is 0.382 e. The number of likely N-dealkylation sites (tertiary alicyclic amines) is 1. The van der Waals surface area contributed by atoms with Crippen LogP contribution in [0, 0.1) is 32.8 Å². The molecule has 7 nitrogen and oxygen atoms in total. The predicted octanol–water partition coefficient (Wildman–Crippen LogP) is 1.87. The van der Waals surface area contributed by atoms with Gasteiger partial charge in [-0.3, -0.25) is 15.0 Å². The second kappa shape index (κ2) is 6.69. The number of anilines is 1. The zero-order valence-electron chi connectivity index (χ0n) is 11.5. The van der Waals surface area contributed by atoms with E-state index in [1.807, 2.05) is 6.07 Å². The molecule has 0 unspecified atom stereocenters. The number of nitro groups is 1. The fourth-order valence-corrected chi connectivity index (χ4v) is 2.44. The van der Waals surface area contributed by atoms with E-state index in [4.69, 9.17) is 10.5 Å². The minimum atomic E-state index is -0.542. The molecule has 1 aliphatic heterocycles. The van der Waals surface area contributed by atoms with E-state index in [2.05, 4.69) is 16.3 Å². The average molecular weight is 285 g/mol. The second-order valence-corrected chi connectivity index (χ2v) is 4.95. The minimum Gasteiger partial charge on any atom is -0.382 e. The fraction of sp³-hybridized carbons (Fsp3) is 0.429. The van der Waals surface area contributed by atoms with Gasteiger partial charge in [0.25, 0.3) is 5.69 Å². The Balaban J connectivity index is 2.02. The van der Waals surface area contributed by atoms with Crippen LogP contribution in [0.3, 0.4) is 0 Å². The summed E-state index contributed by atoms with van der Waals surface area (Å²) >= 11 is 0. The van der Waals surface area contributed by atoms with Crippen molar-refractivity contribution in [3.63, 3.8) is 0 Å². The molecule has 1 aromatic carbocycles. The van der Waals surface area contributed by atoms with Crippen molar-refractivity contribution in [3.05, 3.63) is 33.9 Å². The monoisotopic (exact) mass is 285 g/mol. The topological polar surface area (TPSA) is 106 Å². The van der Waals surface area contributed by atoms with Crippen LogP contribution in [0.4, 0.5) is 11.4 Å². The molecule has 0 amide bonds. The van der Waals surface area contributed by atoms with Gasteiger partial charge in [-0.15, -0.1) is 0 Å². The molecule has 1 heterocycles. The third-order valence-corrected chi connectivity index (χ3v) is 3.57. The Morgan fingerprint density at radius 1 is 1.38 bits per heavy atom. The van der Waals surface area contributed by atoms with Gasteiger partial charge in [-0.25, -0.2) is 0 Å². The van der Waals surface area contributed by atoms with Crippen LogP contribution in [-0.2, 0) is 0 Å². The summed E-state index contributed by atoms with van der Waals surface area (Å²) in [7, 11) is 0. The first kappa shape index (κ1) is 14.8. The summed E-state index contributed by atoms with van der Waals surface area (Å²) in [5, 5.41) is 31.7.